The summed E-state index contributed by atoms with van der Waals surface area (Å²) >= 11 is 0. The van der Waals surface area contributed by atoms with Gasteiger partial charge in [-0.05, 0) is 17.7 Å². The minimum absolute atomic E-state index is 0.245. The van der Waals surface area contributed by atoms with Crippen molar-refractivity contribution in [3.05, 3.63) is 35.4 Å². The predicted octanol–water partition coefficient (Wildman–Crippen LogP) is 1.77. The van der Waals surface area contributed by atoms with Crippen LogP contribution in [0.1, 0.15) is 18.1 Å². The number of benzene rings is 1. The second kappa shape index (κ2) is 5.08. The van der Waals surface area contributed by atoms with Crippen molar-refractivity contribution in [1.82, 2.24) is 0 Å². The normalized spacial score (nSPS) is 9.14. The molecule has 0 N–H and O–H groups in total. The van der Waals surface area contributed by atoms with Crippen LogP contribution in [0.4, 0.5) is 0 Å². The molecule has 0 saturated heterocycles. The van der Waals surface area contributed by atoms with E-state index < -0.39 is 0 Å². The number of carbonyl (C=O) groups excluding carboxylic acids is 1. The average Bonchev–Trinajstić information content (AvgIpc) is 2.18. The quantitative estimate of drug-likeness (QED) is 0.534. The number of hydrogen-bond acceptors (Lipinski definition) is 2. The highest BCUT2D eigenvalue weighted by Crippen LogP contribution is 2.04. The first kappa shape index (κ1) is 10.3. The molecular weight excluding hydrogens is 176 g/mol. The Morgan fingerprint density at radius 2 is 2.07 bits per heavy atom. The lowest BCUT2D eigenvalue weighted by Crippen LogP contribution is -2.03. The van der Waals surface area contributed by atoms with Crippen LogP contribution in [-0.4, -0.2) is 12.6 Å². The van der Waals surface area contributed by atoms with Crippen LogP contribution < -0.4 is 0 Å². The van der Waals surface area contributed by atoms with Crippen molar-refractivity contribution in [2.75, 3.05) is 6.61 Å². The van der Waals surface area contributed by atoms with E-state index in [0.717, 1.165) is 17.5 Å². The van der Waals surface area contributed by atoms with Crippen LogP contribution in [0.25, 0.3) is 0 Å². The zero-order chi connectivity index (χ0) is 10.4. The van der Waals surface area contributed by atoms with Crippen LogP contribution >= 0.6 is 0 Å². The minimum Gasteiger partial charge on any atom is -0.466 e. The van der Waals surface area contributed by atoms with Crippen molar-refractivity contribution in [2.24, 2.45) is 0 Å². The molecule has 0 saturated carbocycles. The molecule has 0 aliphatic carbocycles. The zero-order valence-corrected chi connectivity index (χ0v) is 8.12. The van der Waals surface area contributed by atoms with Gasteiger partial charge in [0.05, 0.1) is 6.61 Å². The van der Waals surface area contributed by atoms with Gasteiger partial charge in [0.1, 0.15) is 0 Å². The fourth-order valence-corrected chi connectivity index (χ4v) is 1.08. The van der Waals surface area contributed by atoms with E-state index in [9.17, 15) is 4.79 Å². The van der Waals surface area contributed by atoms with Gasteiger partial charge in [-0.15, -0.1) is 6.42 Å². The lowest BCUT2D eigenvalue weighted by atomic mass is 10.1. The number of terminal acetylenes is 1. The van der Waals surface area contributed by atoms with Gasteiger partial charge in [0.15, 0.2) is 0 Å². The molecule has 0 bridgehead atoms. The molecule has 0 radical (unpaired) electrons. The standard InChI is InChI=1S/C12H12O2/c1-3-11-4-6-12(7-5-11)8-9-14-10(2)13/h1,4-7H,8-9H2,2H3. The van der Waals surface area contributed by atoms with E-state index in [-0.39, 0.29) is 5.97 Å². The third-order valence-corrected chi connectivity index (χ3v) is 1.82. The van der Waals surface area contributed by atoms with Crippen molar-refractivity contribution in [3.8, 4) is 12.3 Å². The van der Waals surface area contributed by atoms with E-state index in [1.54, 1.807) is 0 Å². The van der Waals surface area contributed by atoms with Gasteiger partial charge in [-0.1, -0.05) is 18.1 Å². The molecule has 1 aromatic rings. The molecule has 0 aliphatic heterocycles. The molecule has 0 amide bonds. The van der Waals surface area contributed by atoms with Crippen LogP contribution in [0, 0.1) is 12.3 Å². The van der Waals surface area contributed by atoms with Crippen LogP contribution in [0.3, 0.4) is 0 Å². The molecule has 0 aromatic heterocycles. The first-order chi connectivity index (χ1) is 6.72. The third-order valence-electron chi connectivity index (χ3n) is 1.82. The molecule has 1 aromatic carbocycles. The highest BCUT2D eigenvalue weighted by Gasteiger charge is 1.95. The summed E-state index contributed by atoms with van der Waals surface area (Å²) in [4.78, 5) is 10.5. The SMILES string of the molecule is C#Cc1ccc(CCOC(C)=O)cc1. The van der Waals surface area contributed by atoms with Gasteiger partial charge in [0.2, 0.25) is 0 Å². The lowest BCUT2D eigenvalue weighted by molar-refractivity contribution is -0.140. The van der Waals surface area contributed by atoms with Gasteiger partial charge in [-0.2, -0.15) is 0 Å². The Kier molecular flexibility index (Phi) is 3.75. The Labute approximate surface area is 83.9 Å². The third kappa shape index (κ3) is 3.32. The van der Waals surface area contributed by atoms with Gasteiger partial charge < -0.3 is 4.74 Å². The summed E-state index contributed by atoms with van der Waals surface area (Å²) in [6.45, 7) is 1.83. The topological polar surface area (TPSA) is 26.3 Å². The summed E-state index contributed by atoms with van der Waals surface area (Å²) in [7, 11) is 0. The van der Waals surface area contributed by atoms with Gasteiger partial charge in [0, 0.05) is 18.9 Å². The molecule has 72 valence electrons. The number of carbonyl (C=O) groups is 1. The van der Waals surface area contributed by atoms with E-state index in [2.05, 4.69) is 5.92 Å². The molecule has 0 atom stereocenters. The first-order valence-electron chi connectivity index (χ1n) is 4.41. The Morgan fingerprint density at radius 3 is 2.57 bits per heavy atom. The van der Waals surface area contributed by atoms with Crippen LogP contribution in [-0.2, 0) is 16.0 Å². The van der Waals surface area contributed by atoms with E-state index in [1.165, 1.54) is 6.92 Å². The van der Waals surface area contributed by atoms with E-state index in [0.29, 0.717) is 6.61 Å². The number of ether oxygens (including phenoxy) is 1. The van der Waals surface area contributed by atoms with Crippen molar-refractivity contribution in [2.45, 2.75) is 13.3 Å². The molecule has 1 rings (SSSR count). The van der Waals surface area contributed by atoms with Crippen LogP contribution in [0.15, 0.2) is 24.3 Å². The van der Waals surface area contributed by atoms with Crippen LogP contribution in [0.2, 0.25) is 0 Å². The zero-order valence-electron chi connectivity index (χ0n) is 8.12. The van der Waals surface area contributed by atoms with Crippen molar-refractivity contribution < 1.29 is 9.53 Å². The van der Waals surface area contributed by atoms with Gasteiger partial charge in [-0.3, -0.25) is 4.79 Å². The molecule has 2 heteroatoms. The summed E-state index contributed by atoms with van der Waals surface area (Å²) in [6, 6.07) is 7.64. The largest absolute Gasteiger partial charge is 0.466 e. The van der Waals surface area contributed by atoms with Crippen molar-refractivity contribution in [3.63, 3.8) is 0 Å². The Morgan fingerprint density at radius 1 is 1.43 bits per heavy atom. The Balaban J connectivity index is 2.45. The number of rotatable bonds is 3. The monoisotopic (exact) mass is 188 g/mol. The summed E-state index contributed by atoms with van der Waals surface area (Å²) in [6.07, 6.45) is 5.95. The highest BCUT2D eigenvalue weighted by molar-refractivity contribution is 5.65. The van der Waals surface area contributed by atoms with Crippen molar-refractivity contribution in [1.29, 1.82) is 0 Å². The van der Waals surface area contributed by atoms with Gasteiger partial charge >= 0.3 is 5.97 Å². The van der Waals surface area contributed by atoms with E-state index in [4.69, 9.17) is 11.2 Å². The summed E-state index contributed by atoms with van der Waals surface area (Å²) in [5.74, 6) is 2.30. The fraction of sp³-hybridized carbons (Fsp3) is 0.250. The molecule has 0 unspecified atom stereocenters. The van der Waals surface area contributed by atoms with Crippen molar-refractivity contribution >= 4 is 5.97 Å². The highest BCUT2D eigenvalue weighted by atomic mass is 16.5. The summed E-state index contributed by atoms with van der Waals surface area (Å²) < 4.78 is 4.82. The van der Waals surface area contributed by atoms with Gasteiger partial charge in [0.25, 0.3) is 0 Å². The average molecular weight is 188 g/mol. The molecule has 0 heterocycles. The Bertz CT molecular complexity index is 344. The maximum absolute atomic E-state index is 10.5. The summed E-state index contributed by atoms with van der Waals surface area (Å²) in [5.41, 5.74) is 1.98. The lowest BCUT2D eigenvalue weighted by Gasteiger charge is -2.02. The fourth-order valence-electron chi connectivity index (χ4n) is 1.08. The molecule has 0 fully saturated rings. The van der Waals surface area contributed by atoms with E-state index >= 15 is 0 Å². The maximum Gasteiger partial charge on any atom is 0.302 e. The number of hydrogen-bond donors (Lipinski definition) is 0. The first-order valence-corrected chi connectivity index (χ1v) is 4.41. The molecule has 0 spiro atoms. The molecule has 0 aliphatic rings. The predicted molar refractivity (Wildman–Crippen MR) is 54.7 cm³/mol. The number of esters is 1. The van der Waals surface area contributed by atoms with Gasteiger partial charge in [-0.25, -0.2) is 0 Å². The van der Waals surface area contributed by atoms with E-state index in [1.807, 2.05) is 24.3 Å². The Hall–Kier alpha value is -1.75. The molecule has 2 nitrogen and oxygen atoms in total. The second-order valence-electron chi connectivity index (χ2n) is 2.93. The summed E-state index contributed by atoms with van der Waals surface area (Å²) in [5, 5.41) is 0. The molecule has 14 heavy (non-hydrogen) atoms. The van der Waals surface area contributed by atoms with Crippen LogP contribution in [0.5, 0.6) is 0 Å². The molecular formula is C12H12O2. The minimum atomic E-state index is -0.245. The maximum atomic E-state index is 10.5. The second-order valence-corrected chi connectivity index (χ2v) is 2.93. The smallest absolute Gasteiger partial charge is 0.302 e.